The molecule has 0 unspecified atom stereocenters. The number of anilines is 1. The Hall–Kier alpha value is -4.95. The van der Waals surface area contributed by atoms with Crippen molar-refractivity contribution in [2.24, 2.45) is 29.1 Å². The van der Waals surface area contributed by atoms with Crippen molar-refractivity contribution >= 4 is 44.8 Å². The highest BCUT2D eigenvalue weighted by atomic mass is 16.7. The van der Waals surface area contributed by atoms with Crippen LogP contribution < -0.4 is 10.1 Å². The fraction of sp³-hybridized carbons (Fsp3) is 0.489. The highest BCUT2D eigenvalue weighted by Gasteiger charge is 2.50. The van der Waals surface area contributed by atoms with Gasteiger partial charge in [-0.1, -0.05) is 59.8 Å². The number of methoxy groups -OCH3 is 2. The highest BCUT2D eigenvalue weighted by Crippen LogP contribution is 2.54. The number of hydrogen-bond acceptors (Lipinski definition) is 11. The van der Waals surface area contributed by atoms with Crippen LogP contribution in [0.1, 0.15) is 76.9 Å². The lowest BCUT2D eigenvalue weighted by Crippen LogP contribution is -2.47. The van der Waals surface area contributed by atoms with Crippen LogP contribution in [0.15, 0.2) is 54.5 Å². The molecule has 2 aromatic carbocycles. The molecule has 2 aliphatic heterocycles. The molecule has 13 nitrogen and oxygen atoms in total. The summed E-state index contributed by atoms with van der Waals surface area (Å²) in [6.45, 7) is 18.1. The number of rotatable bonds is 2. The fourth-order valence-electron chi connectivity index (χ4n) is 8.57. The van der Waals surface area contributed by atoms with Gasteiger partial charge in [-0.2, -0.15) is 0 Å². The zero-order valence-electron chi connectivity index (χ0n) is 35.4. The third-order valence-corrected chi connectivity index (χ3v) is 12.8. The Balaban J connectivity index is 1.58. The second kappa shape index (κ2) is 15.7. The molecule has 0 spiro atoms. The zero-order chi connectivity index (χ0) is 42.8. The van der Waals surface area contributed by atoms with Crippen LogP contribution in [0.2, 0.25) is 0 Å². The van der Waals surface area contributed by atoms with Crippen molar-refractivity contribution in [1.82, 2.24) is 9.38 Å². The number of aryl methyl sites for hydroxylation is 1. The van der Waals surface area contributed by atoms with Crippen molar-refractivity contribution < 1.29 is 49.0 Å². The largest absolute Gasteiger partial charge is 0.507 e. The van der Waals surface area contributed by atoms with E-state index in [2.05, 4.69) is 5.32 Å². The first-order valence-electron chi connectivity index (χ1n) is 19.7. The van der Waals surface area contributed by atoms with E-state index in [0.29, 0.717) is 16.7 Å². The molecule has 4 aromatic rings. The van der Waals surface area contributed by atoms with Crippen LogP contribution in [0.3, 0.4) is 0 Å². The minimum Gasteiger partial charge on any atom is -0.507 e. The number of aliphatic hydroxyl groups is 2. The minimum atomic E-state index is -1.90. The van der Waals surface area contributed by atoms with E-state index in [0.717, 1.165) is 5.56 Å². The first-order chi connectivity index (χ1) is 27.2. The summed E-state index contributed by atoms with van der Waals surface area (Å²) in [4.78, 5) is 33.4. The van der Waals surface area contributed by atoms with Gasteiger partial charge >= 0.3 is 5.79 Å². The summed E-state index contributed by atoms with van der Waals surface area (Å²) in [6, 6.07) is 3.68. The number of phenols is 2. The Bertz CT molecular complexity index is 2380. The van der Waals surface area contributed by atoms with Gasteiger partial charge in [-0.05, 0) is 55.9 Å². The number of Topliss-reactive ketones (excluding diaryl/α,β-unsaturated/α-hetero) is 1. The molecular weight excluding hydrogens is 743 g/mol. The summed E-state index contributed by atoms with van der Waals surface area (Å²) < 4.78 is 25.9. The maximum absolute atomic E-state index is 14.6. The minimum absolute atomic E-state index is 0.0120. The smallest absolute Gasteiger partial charge is 0.312 e. The standard InChI is InChI=1S/C45H57N3O10/c1-21-15-18-48-29(20-21)46-33-30-31-38(51)26(6)41-32(30)42(53)45(10,58-41)57-19-16-28(55-11)23(3)40(56-12)25(5)36(49)24(4)37(50)27(7)44(8,9)17-13-14-22(2)43(54)47-34(35(33)48)39(31)52/h13-20,23-25,27-28,36-37,40,49-52H,1-12H3,(H,47,54)/b17-13+,19-16+,22-14-/t23-,24+,25-,27-,28+,36-,37-,40-,45+/m1/s1. The van der Waals surface area contributed by atoms with E-state index in [-0.39, 0.29) is 56.4 Å². The van der Waals surface area contributed by atoms with Gasteiger partial charge in [0.05, 0.1) is 41.6 Å². The second-order valence-corrected chi connectivity index (χ2v) is 16.9. The molecule has 0 aliphatic carbocycles. The number of imidazole rings is 1. The molecule has 9 atom stereocenters. The number of carbonyl (C=O) groups is 2. The van der Waals surface area contributed by atoms with Crippen LogP contribution in [0, 0.1) is 42.9 Å². The quantitative estimate of drug-likeness (QED) is 0.129. The number of hydrogen-bond donors (Lipinski definition) is 5. The average Bonchev–Trinajstić information content (AvgIpc) is 3.68. The van der Waals surface area contributed by atoms with Crippen molar-refractivity contribution in [1.29, 1.82) is 0 Å². The van der Waals surface area contributed by atoms with Crippen LogP contribution >= 0.6 is 0 Å². The molecule has 13 heteroatoms. The molecule has 0 radical (unpaired) electrons. The van der Waals surface area contributed by atoms with Crippen molar-refractivity contribution in [3.8, 4) is 17.2 Å². The number of carbonyl (C=O) groups excluding carboxylic acids is 2. The van der Waals surface area contributed by atoms with Gasteiger partial charge in [-0.3, -0.25) is 14.0 Å². The molecule has 5 N–H and O–H groups in total. The molecule has 6 rings (SSSR count). The number of amides is 1. The van der Waals surface area contributed by atoms with Gasteiger partial charge in [0.25, 0.3) is 11.7 Å². The lowest BCUT2D eigenvalue weighted by atomic mass is 9.71. The van der Waals surface area contributed by atoms with Gasteiger partial charge < -0.3 is 44.7 Å². The number of aliphatic hydroxyl groups excluding tert-OH is 2. The number of phenolic OH excluding ortho intramolecular Hbond substituents is 2. The van der Waals surface area contributed by atoms with Gasteiger partial charge in [-0.25, -0.2) is 4.98 Å². The van der Waals surface area contributed by atoms with E-state index >= 15 is 0 Å². The Morgan fingerprint density at radius 2 is 1.60 bits per heavy atom. The van der Waals surface area contributed by atoms with Crippen molar-refractivity contribution in [3.05, 3.63) is 71.2 Å². The molecular formula is C45H57N3O10. The first-order valence-corrected chi connectivity index (χ1v) is 19.7. The number of allylic oxidation sites excluding steroid dienone is 3. The van der Waals surface area contributed by atoms with E-state index in [4.69, 9.17) is 23.9 Å². The number of fused-ring (bicyclic) bond motifs is 2. The third kappa shape index (κ3) is 7.01. The normalized spacial score (nSPS) is 31.8. The predicted octanol–water partition coefficient (Wildman–Crippen LogP) is 7.27. The van der Waals surface area contributed by atoms with Crippen molar-refractivity contribution in [2.45, 2.75) is 99.4 Å². The number of ketones is 1. The summed E-state index contributed by atoms with van der Waals surface area (Å²) in [6.07, 6.45) is 7.04. The Morgan fingerprint density at radius 3 is 2.26 bits per heavy atom. The molecule has 58 heavy (non-hydrogen) atoms. The Kier molecular flexibility index (Phi) is 11.5. The van der Waals surface area contributed by atoms with Crippen molar-refractivity contribution in [2.75, 3.05) is 19.5 Å². The van der Waals surface area contributed by atoms with Gasteiger partial charge in [0.1, 0.15) is 33.9 Å². The number of benzene rings is 2. The second-order valence-electron chi connectivity index (χ2n) is 16.9. The van der Waals surface area contributed by atoms with Crippen LogP contribution in [0.4, 0.5) is 5.69 Å². The number of pyridine rings is 1. The fourth-order valence-corrected chi connectivity index (χ4v) is 8.57. The van der Waals surface area contributed by atoms with Crippen LogP contribution in [0.5, 0.6) is 17.2 Å². The van der Waals surface area contributed by atoms with E-state index < -0.39 is 64.9 Å². The molecule has 1 amide bonds. The monoisotopic (exact) mass is 799 g/mol. The lowest BCUT2D eigenvalue weighted by Gasteiger charge is -2.40. The summed E-state index contributed by atoms with van der Waals surface area (Å²) in [5.41, 5.74) is 1.87. The van der Waals surface area contributed by atoms with E-state index in [1.54, 1.807) is 49.8 Å². The maximum Gasteiger partial charge on any atom is 0.312 e. The molecule has 312 valence electrons. The number of nitrogens with zero attached hydrogens (tertiary/aromatic N) is 2. The Labute approximate surface area is 339 Å². The molecule has 4 heterocycles. The van der Waals surface area contributed by atoms with Gasteiger partial charge in [-0.15, -0.1) is 0 Å². The van der Waals surface area contributed by atoms with Crippen molar-refractivity contribution in [3.63, 3.8) is 0 Å². The van der Waals surface area contributed by atoms with Crippen LogP contribution in [0.25, 0.3) is 27.5 Å². The summed E-state index contributed by atoms with van der Waals surface area (Å²) in [7, 11) is 3.10. The predicted molar refractivity (Wildman–Crippen MR) is 222 cm³/mol. The lowest BCUT2D eigenvalue weighted by molar-refractivity contribution is -0.112. The summed E-state index contributed by atoms with van der Waals surface area (Å²) in [5, 5.41) is 50.0. The molecule has 4 bridgehead atoms. The van der Waals surface area contributed by atoms with Crippen LogP contribution in [-0.4, -0.2) is 85.9 Å². The van der Waals surface area contributed by atoms with Crippen LogP contribution in [-0.2, 0) is 19.0 Å². The highest BCUT2D eigenvalue weighted by molar-refractivity contribution is 6.28. The van der Waals surface area contributed by atoms with E-state index in [9.17, 15) is 30.0 Å². The van der Waals surface area contributed by atoms with E-state index in [1.165, 1.54) is 20.3 Å². The molecule has 0 saturated carbocycles. The van der Waals surface area contributed by atoms with Gasteiger partial charge in [0.15, 0.2) is 5.75 Å². The van der Waals surface area contributed by atoms with Gasteiger partial charge in [0, 0.05) is 61.6 Å². The molecule has 2 aromatic heterocycles. The topological polar surface area (TPSA) is 181 Å². The number of aromatic hydroxyl groups is 2. The number of aromatic nitrogens is 2. The molecule has 0 fully saturated rings. The third-order valence-electron chi connectivity index (χ3n) is 12.8. The van der Waals surface area contributed by atoms with Gasteiger partial charge in [0.2, 0.25) is 0 Å². The number of nitrogens with one attached hydrogen (secondary N) is 1. The summed E-state index contributed by atoms with van der Waals surface area (Å²) >= 11 is 0. The first kappa shape index (κ1) is 42.7. The SMILES string of the molecule is CO[C@H]1[C@H](C)[C@H](O)[C@H](C)[C@@H](O)[C@@H](C)C(C)(C)/C=C/C=C(/C)C(=O)Nc2c(O)c3c(O)c(C)c4c(c3c3nc5cc(C)ccn5c23)C(=O)[C@@](C)(O/C=C/[C@H](OC)[C@H]1C)O4. The Morgan fingerprint density at radius 1 is 0.914 bits per heavy atom. The van der Waals surface area contributed by atoms with E-state index in [1.807, 2.05) is 66.7 Å². The number of ether oxygens (including phenoxy) is 4. The molecule has 2 aliphatic rings. The molecule has 0 saturated heterocycles. The summed E-state index contributed by atoms with van der Waals surface area (Å²) in [5.74, 6) is -5.40. The zero-order valence-corrected chi connectivity index (χ0v) is 35.4. The average molecular weight is 800 g/mol. The maximum atomic E-state index is 14.6.